The molecule has 2 N–H and O–H groups in total. The first-order valence-electron chi connectivity index (χ1n) is 6.15. The van der Waals surface area contributed by atoms with Crippen LogP contribution < -0.4 is 10.5 Å². The Hall–Kier alpha value is -1.59. The highest BCUT2D eigenvalue weighted by molar-refractivity contribution is 6.30. The van der Waals surface area contributed by atoms with E-state index in [1.165, 1.54) is 0 Å². The van der Waals surface area contributed by atoms with E-state index in [9.17, 15) is 0 Å². The van der Waals surface area contributed by atoms with Crippen LogP contribution in [0.15, 0.2) is 22.7 Å². The Kier molecular flexibility index (Phi) is 4.76. The van der Waals surface area contributed by atoms with Gasteiger partial charge < -0.3 is 15.0 Å². The third-order valence-electron chi connectivity index (χ3n) is 2.58. The molecule has 0 aliphatic heterocycles. The minimum absolute atomic E-state index is 0.228. The summed E-state index contributed by atoms with van der Waals surface area (Å²) in [7, 11) is 0. The van der Waals surface area contributed by atoms with Gasteiger partial charge in [0.2, 0.25) is 0 Å². The number of aryl methyl sites for hydroxylation is 1. The summed E-state index contributed by atoms with van der Waals surface area (Å²) in [5, 5.41) is 4.50. The second-order valence-electron chi connectivity index (χ2n) is 4.10. The quantitative estimate of drug-likeness (QED) is 0.881. The summed E-state index contributed by atoms with van der Waals surface area (Å²) >= 11 is 5.90. The van der Waals surface area contributed by atoms with Crippen molar-refractivity contribution in [2.45, 2.75) is 32.9 Å². The van der Waals surface area contributed by atoms with Crippen LogP contribution in [0, 0.1) is 0 Å². The minimum atomic E-state index is 0.228. The van der Waals surface area contributed by atoms with Gasteiger partial charge in [-0.1, -0.05) is 23.7 Å². The first-order chi connectivity index (χ1) is 9.22. The van der Waals surface area contributed by atoms with Gasteiger partial charge in [0.1, 0.15) is 5.75 Å². The maximum absolute atomic E-state index is 5.90. The molecule has 102 valence electrons. The molecule has 0 aliphatic carbocycles. The summed E-state index contributed by atoms with van der Waals surface area (Å²) in [5.74, 6) is 1.85. The van der Waals surface area contributed by atoms with E-state index >= 15 is 0 Å². The van der Waals surface area contributed by atoms with Crippen molar-refractivity contribution in [1.82, 2.24) is 10.1 Å². The minimum Gasteiger partial charge on any atom is -0.483 e. The Bertz CT molecular complexity index is 542. The van der Waals surface area contributed by atoms with Crippen molar-refractivity contribution < 1.29 is 9.26 Å². The molecule has 0 aliphatic rings. The van der Waals surface area contributed by atoms with Gasteiger partial charge >= 0.3 is 0 Å². The number of benzene rings is 1. The molecule has 2 aromatic rings. The number of hydrogen-bond acceptors (Lipinski definition) is 5. The first kappa shape index (κ1) is 13.8. The van der Waals surface area contributed by atoms with E-state index in [2.05, 4.69) is 17.1 Å². The lowest BCUT2D eigenvalue weighted by atomic mass is 10.2. The summed E-state index contributed by atoms with van der Waals surface area (Å²) in [4.78, 5) is 4.23. The molecule has 0 fully saturated rings. The van der Waals surface area contributed by atoms with Gasteiger partial charge in [0.15, 0.2) is 12.4 Å². The molecule has 6 heteroatoms. The van der Waals surface area contributed by atoms with Crippen LogP contribution in [-0.4, -0.2) is 10.1 Å². The lowest BCUT2D eigenvalue weighted by molar-refractivity contribution is 0.240. The molecule has 0 saturated heterocycles. The van der Waals surface area contributed by atoms with Gasteiger partial charge in [-0.25, -0.2) is 0 Å². The van der Waals surface area contributed by atoms with Crippen molar-refractivity contribution in [2.24, 2.45) is 5.73 Å². The summed E-state index contributed by atoms with van der Waals surface area (Å²) < 4.78 is 10.7. The molecule has 0 bridgehead atoms. The third kappa shape index (κ3) is 3.68. The van der Waals surface area contributed by atoms with E-state index in [0.717, 1.165) is 18.4 Å². The molecular weight excluding hydrogens is 266 g/mol. The summed E-state index contributed by atoms with van der Waals surface area (Å²) in [6.45, 7) is 2.65. The van der Waals surface area contributed by atoms with Crippen LogP contribution in [0.2, 0.25) is 5.02 Å². The SMILES string of the molecule is CCCc1noc(COc2ccc(Cl)cc2CN)n1. The van der Waals surface area contributed by atoms with Crippen molar-refractivity contribution in [3.05, 3.63) is 40.5 Å². The molecule has 5 nitrogen and oxygen atoms in total. The topological polar surface area (TPSA) is 74.2 Å². The van der Waals surface area contributed by atoms with E-state index in [1.54, 1.807) is 18.2 Å². The van der Waals surface area contributed by atoms with Crippen molar-refractivity contribution in [2.75, 3.05) is 0 Å². The van der Waals surface area contributed by atoms with Crippen molar-refractivity contribution in [1.29, 1.82) is 0 Å². The Balaban J connectivity index is 2.01. The second kappa shape index (κ2) is 6.54. The zero-order chi connectivity index (χ0) is 13.7. The van der Waals surface area contributed by atoms with Gasteiger partial charge in [-0.3, -0.25) is 0 Å². The summed E-state index contributed by atoms with van der Waals surface area (Å²) in [5.41, 5.74) is 6.49. The number of hydrogen-bond donors (Lipinski definition) is 1. The number of nitrogens with two attached hydrogens (primary N) is 1. The van der Waals surface area contributed by atoms with E-state index in [0.29, 0.717) is 29.0 Å². The normalized spacial score (nSPS) is 10.7. The molecule has 0 atom stereocenters. The van der Waals surface area contributed by atoms with Gasteiger partial charge in [0.25, 0.3) is 5.89 Å². The molecular formula is C13H16ClN3O2. The average molecular weight is 282 g/mol. The van der Waals surface area contributed by atoms with Gasteiger partial charge in [-0.05, 0) is 24.6 Å². The van der Waals surface area contributed by atoms with Crippen LogP contribution in [0.5, 0.6) is 5.75 Å². The Morgan fingerprint density at radius 1 is 1.42 bits per heavy atom. The molecule has 0 spiro atoms. The predicted octanol–water partition coefficient (Wildman–Crippen LogP) is 2.71. The van der Waals surface area contributed by atoms with Crippen LogP contribution in [0.4, 0.5) is 0 Å². The molecule has 0 saturated carbocycles. The van der Waals surface area contributed by atoms with Gasteiger partial charge in [-0.2, -0.15) is 4.98 Å². The Morgan fingerprint density at radius 3 is 3.00 bits per heavy atom. The molecule has 0 amide bonds. The predicted molar refractivity (Wildman–Crippen MR) is 72.0 cm³/mol. The Morgan fingerprint density at radius 2 is 2.26 bits per heavy atom. The molecule has 0 radical (unpaired) electrons. The molecule has 2 rings (SSSR count). The number of ether oxygens (including phenoxy) is 1. The van der Waals surface area contributed by atoms with E-state index in [1.807, 2.05) is 0 Å². The van der Waals surface area contributed by atoms with E-state index in [4.69, 9.17) is 26.6 Å². The van der Waals surface area contributed by atoms with Crippen molar-refractivity contribution in [3.8, 4) is 5.75 Å². The van der Waals surface area contributed by atoms with Crippen molar-refractivity contribution in [3.63, 3.8) is 0 Å². The van der Waals surface area contributed by atoms with Crippen LogP contribution in [0.25, 0.3) is 0 Å². The highest BCUT2D eigenvalue weighted by atomic mass is 35.5. The highest BCUT2D eigenvalue weighted by Crippen LogP contribution is 2.23. The van der Waals surface area contributed by atoms with Crippen LogP contribution in [0.3, 0.4) is 0 Å². The van der Waals surface area contributed by atoms with Crippen LogP contribution >= 0.6 is 11.6 Å². The van der Waals surface area contributed by atoms with Gasteiger partial charge in [0.05, 0.1) is 0 Å². The Labute approximate surface area is 116 Å². The zero-order valence-corrected chi connectivity index (χ0v) is 11.5. The second-order valence-corrected chi connectivity index (χ2v) is 4.54. The maximum Gasteiger partial charge on any atom is 0.264 e. The van der Waals surface area contributed by atoms with E-state index in [-0.39, 0.29) is 6.61 Å². The average Bonchev–Trinajstić information content (AvgIpc) is 2.85. The fourth-order valence-corrected chi connectivity index (χ4v) is 1.86. The number of aromatic nitrogens is 2. The smallest absolute Gasteiger partial charge is 0.264 e. The molecule has 1 aromatic heterocycles. The van der Waals surface area contributed by atoms with Gasteiger partial charge in [-0.15, -0.1) is 0 Å². The highest BCUT2D eigenvalue weighted by Gasteiger charge is 2.08. The standard InChI is InChI=1S/C13H16ClN3O2/c1-2-3-12-16-13(19-17-12)8-18-11-5-4-10(14)6-9(11)7-15/h4-6H,2-3,7-8,15H2,1H3. The lowest BCUT2D eigenvalue weighted by Crippen LogP contribution is -2.03. The summed E-state index contributed by atoms with van der Waals surface area (Å²) in [6, 6.07) is 5.33. The molecule has 1 aromatic carbocycles. The van der Waals surface area contributed by atoms with Gasteiger partial charge in [0, 0.05) is 23.6 Å². The fraction of sp³-hybridized carbons (Fsp3) is 0.385. The fourth-order valence-electron chi connectivity index (χ4n) is 1.66. The number of halogens is 1. The molecule has 0 unspecified atom stereocenters. The zero-order valence-electron chi connectivity index (χ0n) is 10.7. The van der Waals surface area contributed by atoms with Crippen LogP contribution in [-0.2, 0) is 19.6 Å². The van der Waals surface area contributed by atoms with Crippen molar-refractivity contribution >= 4 is 11.6 Å². The summed E-state index contributed by atoms with van der Waals surface area (Å²) in [6.07, 6.45) is 1.78. The molecule has 1 heterocycles. The monoisotopic (exact) mass is 281 g/mol. The third-order valence-corrected chi connectivity index (χ3v) is 2.81. The first-order valence-corrected chi connectivity index (χ1v) is 6.53. The molecule has 19 heavy (non-hydrogen) atoms. The van der Waals surface area contributed by atoms with E-state index < -0.39 is 0 Å². The number of rotatable bonds is 6. The van der Waals surface area contributed by atoms with Crippen LogP contribution in [0.1, 0.15) is 30.6 Å². The lowest BCUT2D eigenvalue weighted by Gasteiger charge is -2.08. The maximum atomic E-state index is 5.90. The number of nitrogens with zero attached hydrogens (tertiary/aromatic N) is 2. The largest absolute Gasteiger partial charge is 0.483 e.